The van der Waals surface area contributed by atoms with Crippen molar-refractivity contribution in [3.63, 3.8) is 0 Å². The van der Waals surface area contributed by atoms with Gasteiger partial charge in [-0.15, -0.1) is 10.2 Å². The lowest BCUT2D eigenvalue weighted by Gasteiger charge is -2.35. The number of carbonyl (C=O) groups is 1. The maximum absolute atomic E-state index is 12.5. The Morgan fingerprint density at radius 3 is 2.14 bits per heavy atom. The van der Waals surface area contributed by atoms with Gasteiger partial charge in [-0.05, 0) is 31.9 Å². The van der Waals surface area contributed by atoms with Gasteiger partial charge in [0.25, 0.3) is 5.56 Å². The molecular weight excluding hydrogens is 358 g/mol. The Morgan fingerprint density at radius 2 is 1.57 bits per heavy atom. The van der Waals surface area contributed by atoms with Crippen LogP contribution in [0.25, 0.3) is 0 Å². The highest BCUT2D eigenvalue weighted by atomic mass is 16.2. The zero-order chi connectivity index (χ0) is 19.5. The lowest BCUT2D eigenvalue weighted by molar-refractivity contribution is -0.132. The molecule has 148 valence electrons. The molecule has 4 rings (SSSR count). The fourth-order valence-corrected chi connectivity index (χ4v) is 3.67. The highest BCUT2D eigenvalue weighted by molar-refractivity contribution is 5.76. The van der Waals surface area contributed by atoms with Crippen molar-refractivity contribution in [2.24, 2.45) is 0 Å². The molecule has 0 bridgehead atoms. The molecule has 2 aliphatic heterocycles. The van der Waals surface area contributed by atoms with Crippen molar-refractivity contribution < 1.29 is 4.79 Å². The molecule has 28 heavy (non-hydrogen) atoms. The number of rotatable bonds is 4. The number of piperazine rings is 1. The first-order valence-corrected chi connectivity index (χ1v) is 9.75. The Labute approximate surface area is 163 Å². The van der Waals surface area contributed by atoms with Gasteiger partial charge in [0.15, 0.2) is 11.6 Å². The summed E-state index contributed by atoms with van der Waals surface area (Å²) < 4.78 is 1.35. The minimum absolute atomic E-state index is 0.0243. The first-order valence-electron chi connectivity index (χ1n) is 9.75. The van der Waals surface area contributed by atoms with E-state index in [1.165, 1.54) is 29.8 Å². The summed E-state index contributed by atoms with van der Waals surface area (Å²) in [5, 5.41) is 8.75. The van der Waals surface area contributed by atoms with Crippen LogP contribution in [0.4, 0.5) is 11.6 Å². The average molecular weight is 383 g/mol. The summed E-state index contributed by atoms with van der Waals surface area (Å²) in [5.41, 5.74) is 0.451. The van der Waals surface area contributed by atoms with Crippen LogP contribution in [0.15, 0.2) is 29.3 Å². The van der Waals surface area contributed by atoms with Gasteiger partial charge in [-0.1, -0.05) is 0 Å². The number of carbonyl (C=O) groups excluding carboxylic acids is 1. The molecule has 0 radical (unpaired) electrons. The van der Waals surface area contributed by atoms with Crippen molar-refractivity contribution in [3.05, 3.63) is 40.6 Å². The van der Waals surface area contributed by atoms with Gasteiger partial charge >= 0.3 is 0 Å². The van der Waals surface area contributed by atoms with Gasteiger partial charge in [-0.25, -0.2) is 4.98 Å². The second-order valence-electron chi connectivity index (χ2n) is 7.31. The highest BCUT2D eigenvalue weighted by Crippen LogP contribution is 2.20. The molecule has 2 aromatic heterocycles. The van der Waals surface area contributed by atoms with E-state index in [0.717, 1.165) is 24.7 Å². The van der Waals surface area contributed by atoms with Crippen molar-refractivity contribution in [1.82, 2.24) is 24.6 Å². The van der Waals surface area contributed by atoms with E-state index in [1.807, 2.05) is 12.1 Å². The average Bonchev–Trinajstić information content (AvgIpc) is 3.25. The molecule has 1 amide bonds. The molecule has 2 fully saturated rings. The predicted molar refractivity (Wildman–Crippen MR) is 106 cm³/mol. The Bertz CT molecular complexity index is 882. The first-order chi connectivity index (χ1) is 13.6. The van der Waals surface area contributed by atoms with Crippen LogP contribution in [0, 0.1) is 6.92 Å². The van der Waals surface area contributed by atoms with E-state index in [9.17, 15) is 9.59 Å². The molecule has 2 aliphatic rings. The number of amides is 1. The minimum Gasteiger partial charge on any atom is -0.355 e. The van der Waals surface area contributed by atoms with E-state index in [4.69, 9.17) is 0 Å². The Morgan fingerprint density at radius 1 is 0.964 bits per heavy atom. The topological polar surface area (TPSA) is 87.5 Å². The van der Waals surface area contributed by atoms with Crippen molar-refractivity contribution in [3.8, 4) is 0 Å². The number of nitrogens with zero attached hydrogens (tertiary/aromatic N) is 7. The second-order valence-corrected chi connectivity index (χ2v) is 7.31. The molecule has 0 N–H and O–H groups in total. The van der Waals surface area contributed by atoms with Crippen LogP contribution in [-0.2, 0) is 11.3 Å². The summed E-state index contributed by atoms with van der Waals surface area (Å²) in [4.78, 5) is 34.7. The Hall–Kier alpha value is -2.97. The van der Waals surface area contributed by atoms with Crippen LogP contribution in [0.5, 0.6) is 0 Å². The summed E-state index contributed by atoms with van der Waals surface area (Å²) in [5.74, 6) is 1.71. The number of aryl methyl sites for hydroxylation is 1. The predicted octanol–water partition coefficient (Wildman–Crippen LogP) is 0.291. The van der Waals surface area contributed by atoms with E-state index in [1.54, 1.807) is 11.8 Å². The van der Waals surface area contributed by atoms with E-state index < -0.39 is 0 Å². The van der Waals surface area contributed by atoms with Crippen molar-refractivity contribution >= 4 is 17.5 Å². The quantitative estimate of drug-likeness (QED) is 0.750. The maximum Gasteiger partial charge on any atom is 0.253 e. The van der Waals surface area contributed by atoms with Gasteiger partial charge in [0.05, 0.1) is 6.33 Å². The largest absolute Gasteiger partial charge is 0.355 e. The zero-order valence-corrected chi connectivity index (χ0v) is 16.1. The fraction of sp³-hybridized carbons (Fsp3) is 0.526. The van der Waals surface area contributed by atoms with Crippen LogP contribution in [0.1, 0.15) is 18.5 Å². The Balaban J connectivity index is 1.32. The van der Waals surface area contributed by atoms with E-state index in [2.05, 4.69) is 25.0 Å². The van der Waals surface area contributed by atoms with E-state index in [0.29, 0.717) is 31.9 Å². The monoisotopic (exact) mass is 383 g/mol. The minimum atomic E-state index is -0.201. The van der Waals surface area contributed by atoms with Crippen LogP contribution in [-0.4, -0.2) is 69.8 Å². The molecule has 0 atom stereocenters. The normalized spacial score (nSPS) is 17.2. The van der Waals surface area contributed by atoms with Crippen LogP contribution < -0.4 is 15.4 Å². The summed E-state index contributed by atoms with van der Waals surface area (Å²) >= 11 is 0. The molecule has 9 nitrogen and oxygen atoms in total. The van der Waals surface area contributed by atoms with E-state index in [-0.39, 0.29) is 18.0 Å². The summed E-state index contributed by atoms with van der Waals surface area (Å²) in [7, 11) is 0. The molecule has 0 aliphatic carbocycles. The van der Waals surface area contributed by atoms with Gasteiger partial charge in [0.1, 0.15) is 6.54 Å². The number of anilines is 2. The fourth-order valence-electron chi connectivity index (χ4n) is 3.67. The third-order valence-corrected chi connectivity index (χ3v) is 5.34. The van der Waals surface area contributed by atoms with E-state index >= 15 is 0 Å². The molecule has 4 heterocycles. The SMILES string of the molecule is Cc1cc(=O)n(CC(=O)N2CCN(c3ccc(N4CCCC4)nn3)CC2)cn1. The van der Waals surface area contributed by atoms with Crippen LogP contribution >= 0.6 is 0 Å². The maximum atomic E-state index is 12.5. The standard InChI is InChI=1S/C19H25N7O2/c1-15-12-18(27)26(14-20-15)13-19(28)25-10-8-24(9-11-25)17-5-4-16(21-22-17)23-6-2-3-7-23/h4-5,12,14H,2-3,6-11,13H2,1H3. The zero-order valence-electron chi connectivity index (χ0n) is 16.1. The van der Waals surface area contributed by atoms with Gasteiger partial charge in [-0.2, -0.15) is 0 Å². The first kappa shape index (κ1) is 18.4. The van der Waals surface area contributed by atoms with Crippen molar-refractivity contribution in [1.29, 1.82) is 0 Å². The molecule has 0 unspecified atom stereocenters. The molecule has 2 aromatic rings. The third-order valence-electron chi connectivity index (χ3n) is 5.34. The lowest BCUT2D eigenvalue weighted by atomic mass is 10.3. The third kappa shape index (κ3) is 3.97. The smallest absolute Gasteiger partial charge is 0.253 e. The highest BCUT2D eigenvalue weighted by Gasteiger charge is 2.23. The van der Waals surface area contributed by atoms with Gasteiger partial charge in [-0.3, -0.25) is 14.2 Å². The molecular formula is C19H25N7O2. The lowest BCUT2D eigenvalue weighted by Crippen LogP contribution is -2.50. The van der Waals surface area contributed by atoms with Gasteiger partial charge in [0, 0.05) is 51.0 Å². The van der Waals surface area contributed by atoms with Crippen molar-refractivity contribution in [2.45, 2.75) is 26.3 Å². The van der Waals surface area contributed by atoms with Gasteiger partial charge in [0.2, 0.25) is 5.91 Å². The Kier molecular flexibility index (Phi) is 5.23. The number of hydrogen-bond donors (Lipinski definition) is 0. The van der Waals surface area contributed by atoms with Crippen LogP contribution in [0.2, 0.25) is 0 Å². The number of aromatic nitrogens is 4. The van der Waals surface area contributed by atoms with Crippen LogP contribution in [0.3, 0.4) is 0 Å². The molecule has 2 saturated heterocycles. The summed E-state index contributed by atoms with van der Waals surface area (Å²) in [6.45, 7) is 6.48. The molecule has 9 heteroatoms. The molecule has 0 aromatic carbocycles. The van der Waals surface area contributed by atoms with Crippen molar-refractivity contribution in [2.75, 3.05) is 49.1 Å². The molecule has 0 spiro atoms. The molecule has 0 saturated carbocycles. The summed E-state index contributed by atoms with van der Waals surface area (Å²) in [6.07, 6.45) is 3.86. The number of hydrogen-bond acceptors (Lipinski definition) is 7. The van der Waals surface area contributed by atoms with Gasteiger partial charge < -0.3 is 14.7 Å². The second kappa shape index (κ2) is 7.95. The summed E-state index contributed by atoms with van der Waals surface area (Å²) in [6, 6.07) is 5.48.